The molecule has 0 amide bonds. The number of nitrogens with one attached hydrogen (secondary N) is 2. The Kier molecular flexibility index (Phi) is 4.85. The first-order valence-electron chi connectivity index (χ1n) is 4.96. The number of amidine groups is 1. The molecular weight excluding hydrogens is 270 g/mol. The first-order chi connectivity index (χ1) is 9.01. The Bertz CT molecular complexity index is 591. The molecule has 0 atom stereocenters. The van der Waals surface area contributed by atoms with Crippen LogP contribution in [-0.4, -0.2) is 24.6 Å². The summed E-state index contributed by atoms with van der Waals surface area (Å²) >= 11 is 5.93. The Morgan fingerprint density at radius 2 is 2.32 bits per heavy atom. The number of nitriles is 1. The molecule has 0 bridgehead atoms. The second kappa shape index (κ2) is 6.37. The zero-order chi connectivity index (χ0) is 14.4. The summed E-state index contributed by atoms with van der Waals surface area (Å²) in [7, 11) is 1.23. The fraction of sp³-hybridized carbons (Fsp3) is 0.0909. The summed E-state index contributed by atoms with van der Waals surface area (Å²) in [6.45, 7) is 0. The summed E-state index contributed by atoms with van der Waals surface area (Å²) in [5, 5.41) is 19.6. The molecule has 1 aromatic rings. The number of anilines is 1. The van der Waals surface area contributed by atoms with E-state index in [1.165, 1.54) is 19.2 Å². The molecule has 1 rings (SSSR count). The van der Waals surface area contributed by atoms with Crippen LogP contribution < -0.4 is 11.2 Å². The molecule has 0 aromatic heterocycles. The van der Waals surface area contributed by atoms with E-state index in [1.807, 2.05) is 0 Å². The molecule has 7 nitrogen and oxygen atoms in total. The zero-order valence-electron chi connectivity index (χ0n) is 9.90. The van der Waals surface area contributed by atoms with Gasteiger partial charge in [0, 0.05) is 0 Å². The molecule has 0 fully saturated rings. The van der Waals surface area contributed by atoms with Crippen LogP contribution in [0.4, 0.5) is 5.69 Å². The van der Waals surface area contributed by atoms with Gasteiger partial charge in [0.25, 0.3) is 0 Å². The second-order valence-corrected chi connectivity index (χ2v) is 3.66. The number of rotatable bonds is 4. The predicted molar refractivity (Wildman–Crippen MR) is 71.4 cm³/mol. The predicted octanol–water partition coefficient (Wildman–Crippen LogP) is 1.35. The smallest absolute Gasteiger partial charge is 0.340 e. The molecule has 1 aromatic carbocycles. The van der Waals surface area contributed by atoms with Crippen LogP contribution in [0.3, 0.4) is 0 Å². The summed E-state index contributed by atoms with van der Waals surface area (Å²) in [4.78, 5) is 11.5. The highest BCUT2D eigenvalue weighted by Gasteiger charge is 2.14. The minimum absolute atomic E-state index is 0.152. The van der Waals surface area contributed by atoms with Gasteiger partial charge in [-0.2, -0.15) is 10.4 Å². The number of hydrazone groups is 1. The number of nitrogens with zero attached hydrogens (tertiary/aromatic N) is 2. The largest absolute Gasteiger partial charge is 0.465 e. The van der Waals surface area contributed by atoms with Crippen LogP contribution in [0.5, 0.6) is 0 Å². The Morgan fingerprint density at radius 1 is 1.63 bits per heavy atom. The average molecular weight is 280 g/mol. The number of nitrogens with two attached hydrogens (primary N) is 1. The van der Waals surface area contributed by atoms with E-state index in [0.29, 0.717) is 0 Å². The summed E-state index contributed by atoms with van der Waals surface area (Å²) < 4.78 is 4.59. The van der Waals surface area contributed by atoms with E-state index < -0.39 is 11.8 Å². The van der Waals surface area contributed by atoms with Crippen LogP contribution in [-0.2, 0) is 4.74 Å². The highest BCUT2D eigenvalue weighted by Crippen LogP contribution is 2.26. The molecule has 0 heterocycles. The number of hydrogen-bond donors (Lipinski definition) is 3. The van der Waals surface area contributed by atoms with Crippen LogP contribution in [0.25, 0.3) is 0 Å². The highest BCUT2D eigenvalue weighted by molar-refractivity contribution is 6.46. The van der Waals surface area contributed by atoms with Crippen molar-refractivity contribution in [3.63, 3.8) is 0 Å². The van der Waals surface area contributed by atoms with E-state index in [9.17, 15) is 4.79 Å². The van der Waals surface area contributed by atoms with Gasteiger partial charge in [0.2, 0.25) is 5.71 Å². The minimum Gasteiger partial charge on any atom is -0.465 e. The van der Waals surface area contributed by atoms with E-state index in [4.69, 9.17) is 28.0 Å². The number of carbonyl (C=O) groups excluding carboxylic acids is 1. The van der Waals surface area contributed by atoms with Crippen molar-refractivity contribution >= 4 is 34.8 Å². The van der Waals surface area contributed by atoms with Crippen molar-refractivity contribution in [1.82, 2.24) is 0 Å². The van der Waals surface area contributed by atoms with Gasteiger partial charge in [0.05, 0.1) is 23.4 Å². The van der Waals surface area contributed by atoms with Gasteiger partial charge in [-0.1, -0.05) is 17.7 Å². The molecule has 0 aliphatic heterocycles. The number of hydrogen-bond acceptors (Lipinski definition) is 6. The molecule has 0 spiro atoms. The van der Waals surface area contributed by atoms with Crippen molar-refractivity contribution in [3.8, 4) is 6.07 Å². The number of para-hydroxylation sites is 1. The van der Waals surface area contributed by atoms with Gasteiger partial charge >= 0.3 is 5.97 Å². The van der Waals surface area contributed by atoms with Crippen molar-refractivity contribution in [2.45, 2.75) is 0 Å². The molecule has 4 N–H and O–H groups in total. The SMILES string of the molecule is COC(=O)c1cccc(Cl)c1N/N=C(\C#N)C(=N)N. The first-order valence-corrected chi connectivity index (χ1v) is 5.34. The zero-order valence-corrected chi connectivity index (χ0v) is 10.7. The first kappa shape index (κ1) is 14.5. The van der Waals surface area contributed by atoms with E-state index in [1.54, 1.807) is 12.1 Å². The van der Waals surface area contributed by atoms with Crippen molar-refractivity contribution in [1.29, 1.82) is 10.7 Å². The topological polar surface area (TPSA) is 124 Å². The standard InChI is InChI=1S/C11H10ClN5O2/c1-19-11(18)6-3-2-4-7(12)9(6)17-16-8(5-13)10(14)15/h2-4,17H,1H3,(H3,14,15)/b16-8+. The van der Waals surface area contributed by atoms with Crippen molar-refractivity contribution in [2.24, 2.45) is 10.8 Å². The van der Waals surface area contributed by atoms with Crippen LogP contribution in [0.2, 0.25) is 5.02 Å². The van der Waals surface area contributed by atoms with Crippen LogP contribution in [0.1, 0.15) is 10.4 Å². The molecule has 19 heavy (non-hydrogen) atoms. The lowest BCUT2D eigenvalue weighted by atomic mass is 10.2. The molecule has 0 aliphatic rings. The second-order valence-electron chi connectivity index (χ2n) is 3.25. The number of halogens is 1. The van der Waals surface area contributed by atoms with Crippen LogP contribution in [0, 0.1) is 16.7 Å². The van der Waals surface area contributed by atoms with E-state index in [0.717, 1.165) is 0 Å². The van der Waals surface area contributed by atoms with Crippen LogP contribution >= 0.6 is 11.6 Å². The van der Waals surface area contributed by atoms with Gasteiger partial charge in [-0.05, 0) is 12.1 Å². The summed E-state index contributed by atoms with van der Waals surface area (Å²) in [5.41, 5.74) is 7.58. The van der Waals surface area contributed by atoms with Crippen molar-refractivity contribution < 1.29 is 9.53 Å². The van der Waals surface area contributed by atoms with E-state index >= 15 is 0 Å². The Balaban J connectivity index is 3.18. The third-order valence-corrected chi connectivity index (χ3v) is 2.37. The normalized spacial score (nSPS) is 10.5. The third-order valence-electron chi connectivity index (χ3n) is 2.06. The van der Waals surface area contributed by atoms with Crippen LogP contribution in [0.15, 0.2) is 23.3 Å². The highest BCUT2D eigenvalue weighted by atomic mass is 35.5. The van der Waals surface area contributed by atoms with E-state index in [-0.39, 0.29) is 22.0 Å². The molecule has 0 aliphatic carbocycles. The number of ether oxygens (including phenoxy) is 1. The average Bonchev–Trinajstić information content (AvgIpc) is 2.39. The quantitative estimate of drug-likeness (QED) is 0.332. The fourth-order valence-corrected chi connectivity index (χ4v) is 1.39. The van der Waals surface area contributed by atoms with Gasteiger partial charge in [-0.15, -0.1) is 0 Å². The Hall–Kier alpha value is -2.59. The number of carbonyl (C=O) groups is 1. The molecule has 8 heteroatoms. The Morgan fingerprint density at radius 3 is 2.84 bits per heavy atom. The lowest BCUT2D eigenvalue weighted by molar-refractivity contribution is 0.0602. The number of benzene rings is 1. The number of esters is 1. The molecule has 0 saturated carbocycles. The maximum Gasteiger partial charge on any atom is 0.340 e. The molecule has 98 valence electrons. The third kappa shape index (κ3) is 3.43. The lowest BCUT2D eigenvalue weighted by Gasteiger charge is -2.09. The van der Waals surface area contributed by atoms with Gasteiger partial charge in [-0.25, -0.2) is 4.79 Å². The molecular formula is C11H10ClN5O2. The number of methoxy groups -OCH3 is 1. The lowest BCUT2D eigenvalue weighted by Crippen LogP contribution is -2.22. The van der Waals surface area contributed by atoms with Gasteiger partial charge in [0.1, 0.15) is 6.07 Å². The van der Waals surface area contributed by atoms with Crippen molar-refractivity contribution in [2.75, 3.05) is 12.5 Å². The summed E-state index contributed by atoms with van der Waals surface area (Å²) in [6.07, 6.45) is 0. The Labute approximate surface area is 114 Å². The van der Waals surface area contributed by atoms with Gasteiger partial charge in [-0.3, -0.25) is 10.8 Å². The molecule has 0 unspecified atom stereocenters. The monoisotopic (exact) mass is 279 g/mol. The minimum atomic E-state index is -0.610. The van der Waals surface area contributed by atoms with Gasteiger partial charge in [0.15, 0.2) is 5.84 Å². The maximum absolute atomic E-state index is 11.5. The fourth-order valence-electron chi connectivity index (χ4n) is 1.18. The van der Waals surface area contributed by atoms with Crippen molar-refractivity contribution in [3.05, 3.63) is 28.8 Å². The summed E-state index contributed by atoms with van der Waals surface area (Å²) in [6, 6.07) is 6.22. The molecule has 0 radical (unpaired) electrons. The summed E-state index contributed by atoms with van der Waals surface area (Å²) in [5.74, 6) is -1.11. The van der Waals surface area contributed by atoms with E-state index in [2.05, 4.69) is 15.3 Å². The maximum atomic E-state index is 11.5. The van der Waals surface area contributed by atoms with Gasteiger partial charge < -0.3 is 10.5 Å². The molecule has 0 saturated heterocycles.